The third kappa shape index (κ3) is 4.64. The predicted molar refractivity (Wildman–Crippen MR) is 56.7 cm³/mol. The van der Waals surface area contributed by atoms with E-state index in [1.165, 1.54) is 0 Å². The van der Waals surface area contributed by atoms with Gasteiger partial charge in [0.15, 0.2) is 0 Å². The lowest BCUT2D eigenvalue weighted by Gasteiger charge is -1.98. The first-order chi connectivity index (χ1) is 6.72. The Labute approximate surface area is 85.3 Å². The summed E-state index contributed by atoms with van der Waals surface area (Å²) in [7, 11) is 1.85. The highest BCUT2D eigenvalue weighted by Crippen LogP contribution is 1.92. The molecule has 0 fully saturated rings. The molecule has 1 aromatic rings. The molecule has 0 saturated carbocycles. The van der Waals surface area contributed by atoms with E-state index >= 15 is 0 Å². The Balaban J connectivity index is 0.000000791. The van der Waals surface area contributed by atoms with Gasteiger partial charge in [-0.1, -0.05) is 20.8 Å². The van der Waals surface area contributed by atoms with E-state index in [-0.39, 0.29) is 5.91 Å². The first kappa shape index (κ1) is 12.7. The molecule has 80 valence electrons. The van der Waals surface area contributed by atoms with Crippen molar-refractivity contribution < 1.29 is 4.79 Å². The second kappa shape index (κ2) is 7.12. The third-order valence-corrected chi connectivity index (χ3v) is 1.56. The van der Waals surface area contributed by atoms with Crippen LogP contribution in [0.25, 0.3) is 0 Å². The zero-order chi connectivity index (χ0) is 11.0. The number of aryl methyl sites for hydroxylation is 1. The zero-order valence-corrected chi connectivity index (χ0v) is 9.37. The van der Waals surface area contributed by atoms with Crippen LogP contribution in [0.4, 0.5) is 0 Å². The normalized spacial score (nSPS) is 8.86. The zero-order valence-electron chi connectivity index (χ0n) is 9.37. The predicted octanol–water partition coefficient (Wildman–Crippen LogP) is 1.47. The third-order valence-electron chi connectivity index (χ3n) is 1.56. The van der Waals surface area contributed by atoms with Crippen LogP contribution in [-0.2, 0) is 18.4 Å². The topological polar surface area (TPSA) is 46.9 Å². The van der Waals surface area contributed by atoms with Gasteiger partial charge in [0.25, 0.3) is 0 Å². The van der Waals surface area contributed by atoms with Crippen molar-refractivity contribution in [2.24, 2.45) is 7.05 Å². The number of carbonyl (C=O) groups excluding carboxylic acids is 1. The maximum atomic E-state index is 10.8. The Hall–Kier alpha value is -1.32. The van der Waals surface area contributed by atoms with Gasteiger partial charge in [-0.15, -0.1) is 0 Å². The van der Waals surface area contributed by atoms with Gasteiger partial charge in [0.05, 0.1) is 12.2 Å². The molecule has 1 aromatic heterocycles. The molecule has 0 aromatic carbocycles. The molecule has 0 radical (unpaired) electrons. The molecule has 4 heteroatoms. The fourth-order valence-electron chi connectivity index (χ4n) is 0.872. The van der Waals surface area contributed by atoms with E-state index < -0.39 is 0 Å². The van der Waals surface area contributed by atoms with E-state index in [4.69, 9.17) is 0 Å². The van der Waals surface area contributed by atoms with Gasteiger partial charge in [-0.05, 0) is 6.07 Å². The van der Waals surface area contributed by atoms with Crippen LogP contribution in [0.15, 0.2) is 12.3 Å². The summed E-state index contributed by atoms with van der Waals surface area (Å²) in [4.78, 5) is 10.8. The van der Waals surface area contributed by atoms with Crippen LogP contribution >= 0.6 is 0 Å². The van der Waals surface area contributed by atoms with Crippen molar-refractivity contribution in [1.82, 2.24) is 15.1 Å². The van der Waals surface area contributed by atoms with Crippen LogP contribution in [0.5, 0.6) is 0 Å². The summed E-state index contributed by atoms with van der Waals surface area (Å²) >= 11 is 0. The lowest BCUT2D eigenvalue weighted by atomic mass is 10.4. The van der Waals surface area contributed by atoms with Crippen molar-refractivity contribution in [3.8, 4) is 0 Å². The largest absolute Gasteiger partial charge is 0.350 e. The number of nitrogens with zero attached hydrogens (tertiary/aromatic N) is 2. The fraction of sp³-hybridized carbons (Fsp3) is 0.600. The molecule has 1 heterocycles. The molecule has 0 aliphatic heterocycles. The number of hydrogen-bond acceptors (Lipinski definition) is 2. The van der Waals surface area contributed by atoms with Gasteiger partial charge in [0.1, 0.15) is 0 Å². The summed E-state index contributed by atoms with van der Waals surface area (Å²) in [5, 5.41) is 6.87. The molecular weight excluding hydrogens is 178 g/mol. The molecule has 0 spiro atoms. The molecule has 4 nitrogen and oxygen atoms in total. The fourth-order valence-corrected chi connectivity index (χ4v) is 0.872. The van der Waals surface area contributed by atoms with Crippen LogP contribution in [0, 0.1) is 0 Å². The Bertz CT molecular complexity index is 268. The van der Waals surface area contributed by atoms with Crippen LogP contribution < -0.4 is 5.32 Å². The minimum Gasteiger partial charge on any atom is -0.350 e. The van der Waals surface area contributed by atoms with Crippen molar-refractivity contribution in [3.63, 3.8) is 0 Å². The molecule has 0 unspecified atom stereocenters. The van der Waals surface area contributed by atoms with E-state index in [9.17, 15) is 4.79 Å². The second-order valence-electron chi connectivity index (χ2n) is 2.61. The van der Waals surface area contributed by atoms with Gasteiger partial charge in [-0.2, -0.15) is 5.10 Å². The first-order valence-corrected chi connectivity index (χ1v) is 4.97. The van der Waals surface area contributed by atoms with Crippen molar-refractivity contribution in [2.75, 3.05) is 0 Å². The minimum atomic E-state index is 0.0562. The summed E-state index contributed by atoms with van der Waals surface area (Å²) in [6, 6.07) is 1.88. The number of hydrogen-bond donors (Lipinski definition) is 1. The standard InChI is InChI=1S/C8H13N3O.C2H6/c1-3-8(12)9-6-7-4-5-11(2)10-7;1-2/h4-5H,3,6H2,1-2H3,(H,9,12);1-2H3. The minimum absolute atomic E-state index is 0.0562. The maximum absolute atomic E-state index is 10.8. The summed E-state index contributed by atoms with van der Waals surface area (Å²) in [5.41, 5.74) is 0.888. The molecule has 1 N–H and O–H groups in total. The molecule has 0 bridgehead atoms. The van der Waals surface area contributed by atoms with E-state index in [1.54, 1.807) is 4.68 Å². The van der Waals surface area contributed by atoms with Gasteiger partial charge < -0.3 is 5.32 Å². The van der Waals surface area contributed by atoms with Crippen LogP contribution in [0.3, 0.4) is 0 Å². The van der Waals surface area contributed by atoms with Gasteiger partial charge in [0.2, 0.25) is 5.91 Å². The average Bonchev–Trinajstić information content (AvgIpc) is 2.64. The molecule has 0 aliphatic rings. The van der Waals surface area contributed by atoms with Crippen molar-refractivity contribution >= 4 is 5.91 Å². The summed E-state index contributed by atoms with van der Waals surface area (Å²) in [6.07, 6.45) is 2.38. The summed E-state index contributed by atoms with van der Waals surface area (Å²) < 4.78 is 1.72. The van der Waals surface area contributed by atoms with Crippen LogP contribution in [0.2, 0.25) is 0 Å². The lowest BCUT2D eigenvalue weighted by Crippen LogP contribution is -2.21. The molecular formula is C10H19N3O. The Morgan fingerprint density at radius 1 is 1.57 bits per heavy atom. The molecule has 0 aliphatic carbocycles. The highest BCUT2D eigenvalue weighted by atomic mass is 16.1. The average molecular weight is 197 g/mol. The van der Waals surface area contributed by atoms with Crippen molar-refractivity contribution in [1.29, 1.82) is 0 Å². The van der Waals surface area contributed by atoms with Gasteiger partial charge >= 0.3 is 0 Å². The van der Waals surface area contributed by atoms with E-state index in [0.717, 1.165) is 5.69 Å². The van der Waals surface area contributed by atoms with E-state index in [0.29, 0.717) is 13.0 Å². The number of aromatic nitrogens is 2. The smallest absolute Gasteiger partial charge is 0.220 e. The van der Waals surface area contributed by atoms with Gasteiger partial charge in [0, 0.05) is 19.7 Å². The summed E-state index contributed by atoms with van der Waals surface area (Å²) in [5.74, 6) is 0.0562. The van der Waals surface area contributed by atoms with Crippen molar-refractivity contribution in [2.45, 2.75) is 33.7 Å². The highest BCUT2D eigenvalue weighted by Gasteiger charge is 1.98. The number of carbonyl (C=O) groups is 1. The number of nitrogens with one attached hydrogen (secondary N) is 1. The monoisotopic (exact) mass is 197 g/mol. The second-order valence-corrected chi connectivity index (χ2v) is 2.61. The van der Waals surface area contributed by atoms with E-state index in [1.807, 2.05) is 40.1 Å². The lowest BCUT2D eigenvalue weighted by molar-refractivity contribution is -0.120. The Morgan fingerprint density at radius 3 is 2.64 bits per heavy atom. The molecule has 1 rings (SSSR count). The Kier molecular flexibility index (Phi) is 6.45. The number of rotatable bonds is 3. The SMILES string of the molecule is CC.CCC(=O)NCc1ccn(C)n1. The van der Waals surface area contributed by atoms with Gasteiger partial charge in [-0.25, -0.2) is 0 Å². The Morgan fingerprint density at radius 2 is 2.21 bits per heavy atom. The van der Waals surface area contributed by atoms with Crippen LogP contribution in [-0.4, -0.2) is 15.7 Å². The molecule has 0 saturated heterocycles. The highest BCUT2D eigenvalue weighted by molar-refractivity contribution is 5.75. The quantitative estimate of drug-likeness (QED) is 0.797. The summed E-state index contributed by atoms with van der Waals surface area (Å²) in [6.45, 7) is 6.35. The molecule has 1 amide bonds. The molecule has 14 heavy (non-hydrogen) atoms. The van der Waals surface area contributed by atoms with Crippen molar-refractivity contribution in [3.05, 3.63) is 18.0 Å². The first-order valence-electron chi connectivity index (χ1n) is 4.97. The maximum Gasteiger partial charge on any atom is 0.220 e. The van der Waals surface area contributed by atoms with Crippen LogP contribution in [0.1, 0.15) is 32.9 Å². The number of amides is 1. The van der Waals surface area contributed by atoms with E-state index in [2.05, 4.69) is 10.4 Å². The van der Waals surface area contributed by atoms with Gasteiger partial charge in [-0.3, -0.25) is 9.48 Å². The molecule has 0 atom stereocenters.